The van der Waals surface area contributed by atoms with Gasteiger partial charge < -0.3 is 29.7 Å². The maximum absolute atomic E-state index is 12.6. The van der Waals surface area contributed by atoms with Crippen LogP contribution in [0, 0.1) is 0 Å². The molecule has 1 aliphatic heterocycles. The molecule has 8 nitrogen and oxygen atoms in total. The van der Waals surface area contributed by atoms with Gasteiger partial charge >= 0.3 is 0 Å². The Morgan fingerprint density at radius 1 is 1.19 bits per heavy atom. The third-order valence-corrected chi connectivity index (χ3v) is 3.96. The molecule has 0 spiro atoms. The zero-order chi connectivity index (χ0) is 18.2. The summed E-state index contributed by atoms with van der Waals surface area (Å²) in [4.78, 5) is 26.2. The Morgan fingerprint density at radius 2 is 1.85 bits per heavy atom. The second kappa shape index (κ2) is 10.8. The first kappa shape index (κ1) is 22.0. The second-order valence-corrected chi connectivity index (χ2v) is 5.64. The third kappa shape index (κ3) is 5.76. The van der Waals surface area contributed by atoms with Crippen LogP contribution in [0.4, 0.5) is 5.69 Å². The van der Waals surface area contributed by atoms with Gasteiger partial charge in [-0.3, -0.25) is 9.59 Å². The molecule has 0 saturated carbocycles. The predicted octanol–water partition coefficient (Wildman–Crippen LogP) is 0.583. The van der Waals surface area contributed by atoms with E-state index in [1.165, 1.54) is 0 Å². The first-order valence-corrected chi connectivity index (χ1v) is 8.12. The number of rotatable bonds is 9. The van der Waals surface area contributed by atoms with Gasteiger partial charge in [-0.1, -0.05) is 0 Å². The summed E-state index contributed by atoms with van der Waals surface area (Å²) in [7, 11) is 4.72. The summed E-state index contributed by atoms with van der Waals surface area (Å²) in [5.41, 5.74) is 0.691. The van der Waals surface area contributed by atoms with Crippen LogP contribution in [0.1, 0.15) is 6.42 Å². The first-order chi connectivity index (χ1) is 12.1. The second-order valence-electron chi connectivity index (χ2n) is 5.64. The molecule has 2 N–H and O–H groups in total. The molecule has 2 amide bonds. The third-order valence-electron chi connectivity index (χ3n) is 3.96. The Hall–Kier alpha value is -2.03. The van der Waals surface area contributed by atoms with Crippen molar-refractivity contribution in [1.82, 2.24) is 10.6 Å². The summed E-state index contributed by atoms with van der Waals surface area (Å²) in [5.74, 6) is 0.869. The van der Waals surface area contributed by atoms with Crippen molar-refractivity contribution in [2.45, 2.75) is 12.5 Å². The number of hydrogen-bond acceptors (Lipinski definition) is 6. The summed E-state index contributed by atoms with van der Waals surface area (Å²) in [6.07, 6.45) is 0.558. The van der Waals surface area contributed by atoms with Crippen LogP contribution in [0.2, 0.25) is 0 Å². The molecule has 1 aromatic carbocycles. The fourth-order valence-electron chi connectivity index (χ4n) is 2.64. The van der Waals surface area contributed by atoms with E-state index in [9.17, 15) is 9.59 Å². The fraction of sp³-hybridized carbons (Fsp3) is 0.529. The van der Waals surface area contributed by atoms with Crippen LogP contribution in [0.25, 0.3) is 0 Å². The Morgan fingerprint density at radius 3 is 2.42 bits per heavy atom. The lowest BCUT2D eigenvalue weighted by atomic mass is 10.2. The van der Waals surface area contributed by atoms with Crippen molar-refractivity contribution >= 4 is 29.9 Å². The van der Waals surface area contributed by atoms with Gasteiger partial charge in [0.1, 0.15) is 17.5 Å². The number of methoxy groups -OCH3 is 3. The SMILES string of the molecule is COCCNCC(=O)NC1CCN(c2cc(OC)cc(OC)c2)C1=O.Cl. The lowest BCUT2D eigenvalue weighted by Gasteiger charge is -2.19. The lowest BCUT2D eigenvalue weighted by Crippen LogP contribution is -2.45. The summed E-state index contributed by atoms with van der Waals surface area (Å²) in [6, 6.07) is 4.77. The number of amides is 2. The highest BCUT2D eigenvalue weighted by atomic mass is 35.5. The number of carbonyl (C=O) groups is 2. The maximum Gasteiger partial charge on any atom is 0.249 e. The maximum atomic E-state index is 12.6. The molecule has 1 fully saturated rings. The van der Waals surface area contributed by atoms with Crippen molar-refractivity contribution < 1.29 is 23.8 Å². The molecule has 1 saturated heterocycles. The lowest BCUT2D eigenvalue weighted by molar-refractivity contribution is -0.125. The van der Waals surface area contributed by atoms with Gasteiger partial charge in [-0.15, -0.1) is 12.4 Å². The minimum absolute atomic E-state index is 0. The van der Waals surface area contributed by atoms with Crippen molar-refractivity contribution in [2.75, 3.05) is 52.5 Å². The largest absolute Gasteiger partial charge is 0.497 e. The highest BCUT2D eigenvalue weighted by Crippen LogP contribution is 2.30. The molecule has 146 valence electrons. The van der Waals surface area contributed by atoms with Crippen molar-refractivity contribution in [3.8, 4) is 11.5 Å². The summed E-state index contributed by atoms with van der Waals surface area (Å²) >= 11 is 0. The van der Waals surface area contributed by atoms with Crippen LogP contribution in [0.5, 0.6) is 11.5 Å². The molecule has 1 aromatic rings. The summed E-state index contributed by atoms with van der Waals surface area (Å²) in [5, 5.41) is 5.72. The van der Waals surface area contributed by atoms with E-state index in [0.717, 1.165) is 0 Å². The molecular weight excluding hydrogens is 362 g/mol. The van der Waals surface area contributed by atoms with Gasteiger partial charge in [0.25, 0.3) is 0 Å². The van der Waals surface area contributed by atoms with E-state index in [-0.39, 0.29) is 30.8 Å². The average molecular weight is 388 g/mol. The van der Waals surface area contributed by atoms with Crippen LogP contribution < -0.4 is 25.0 Å². The summed E-state index contributed by atoms with van der Waals surface area (Å²) < 4.78 is 15.4. The van der Waals surface area contributed by atoms with E-state index in [1.807, 2.05) is 0 Å². The van der Waals surface area contributed by atoms with Gasteiger partial charge in [0.15, 0.2) is 0 Å². The van der Waals surface area contributed by atoms with Gasteiger partial charge in [0.05, 0.1) is 33.1 Å². The molecule has 0 radical (unpaired) electrons. The molecule has 1 unspecified atom stereocenters. The highest BCUT2D eigenvalue weighted by Gasteiger charge is 2.33. The van der Waals surface area contributed by atoms with Crippen molar-refractivity contribution in [3.05, 3.63) is 18.2 Å². The molecule has 0 bridgehead atoms. The van der Waals surface area contributed by atoms with E-state index in [2.05, 4.69) is 10.6 Å². The molecule has 9 heteroatoms. The minimum Gasteiger partial charge on any atom is -0.497 e. The Balaban J connectivity index is 0.00000338. The highest BCUT2D eigenvalue weighted by molar-refractivity contribution is 6.01. The fourth-order valence-corrected chi connectivity index (χ4v) is 2.64. The number of nitrogens with one attached hydrogen (secondary N) is 2. The Bertz CT molecular complexity index is 592. The normalized spacial score (nSPS) is 16.2. The Kier molecular flexibility index (Phi) is 9.18. The minimum atomic E-state index is -0.520. The number of benzene rings is 1. The molecule has 2 rings (SSSR count). The van der Waals surface area contributed by atoms with E-state index in [4.69, 9.17) is 14.2 Å². The molecule has 1 heterocycles. The van der Waals surface area contributed by atoms with E-state index < -0.39 is 6.04 Å². The quantitative estimate of drug-likeness (QED) is 0.603. The van der Waals surface area contributed by atoms with E-state index in [1.54, 1.807) is 44.4 Å². The first-order valence-electron chi connectivity index (χ1n) is 8.12. The van der Waals surface area contributed by atoms with Crippen LogP contribution in [0.3, 0.4) is 0 Å². The number of anilines is 1. The monoisotopic (exact) mass is 387 g/mol. The smallest absolute Gasteiger partial charge is 0.249 e. The standard InChI is InChI=1S/C17H25N3O5.ClH/c1-23-7-5-18-11-16(21)19-15-4-6-20(17(15)22)12-8-13(24-2)10-14(9-12)25-3;/h8-10,15,18H,4-7,11H2,1-3H3,(H,19,21);1H. The number of carbonyl (C=O) groups excluding carboxylic acids is 2. The van der Waals surface area contributed by atoms with Crippen LogP contribution in [0.15, 0.2) is 18.2 Å². The van der Waals surface area contributed by atoms with Gasteiger partial charge in [-0.05, 0) is 6.42 Å². The van der Waals surface area contributed by atoms with E-state index in [0.29, 0.717) is 43.3 Å². The van der Waals surface area contributed by atoms with Gasteiger partial charge in [0.2, 0.25) is 11.8 Å². The zero-order valence-electron chi connectivity index (χ0n) is 15.2. The average Bonchev–Trinajstić information content (AvgIpc) is 2.98. The molecule has 0 aromatic heterocycles. The number of halogens is 1. The van der Waals surface area contributed by atoms with Crippen LogP contribution in [-0.2, 0) is 14.3 Å². The van der Waals surface area contributed by atoms with Crippen LogP contribution in [-0.4, -0.2) is 65.4 Å². The summed E-state index contributed by atoms with van der Waals surface area (Å²) in [6.45, 7) is 1.79. The van der Waals surface area contributed by atoms with Crippen molar-refractivity contribution in [2.24, 2.45) is 0 Å². The number of hydrogen-bond donors (Lipinski definition) is 2. The molecule has 1 aliphatic rings. The van der Waals surface area contributed by atoms with Crippen molar-refractivity contribution in [3.63, 3.8) is 0 Å². The Labute approximate surface area is 159 Å². The topological polar surface area (TPSA) is 89.1 Å². The van der Waals surface area contributed by atoms with Crippen molar-refractivity contribution in [1.29, 1.82) is 0 Å². The zero-order valence-corrected chi connectivity index (χ0v) is 16.1. The van der Waals surface area contributed by atoms with Gasteiger partial charge in [-0.2, -0.15) is 0 Å². The molecule has 0 aliphatic carbocycles. The molecule has 1 atom stereocenters. The number of ether oxygens (including phenoxy) is 3. The number of nitrogens with zero attached hydrogens (tertiary/aromatic N) is 1. The molecular formula is C17H26ClN3O5. The predicted molar refractivity (Wildman–Crippen MR) is 100 cm³/mol. The van der Waals surface area contributed by atoms with E-state index >= 15 is 0 Å². The van der Waals surface area contributed by atoms with Crippen LogP contribution >= 0.6 is 12.4 Å². The van der Waals surface area contributed by atoms with Gasteiger partial charge in [0, 0.05) is 38.4 Å². The van der Waals surface area contributed by atoms with Gasteiger partial charge in [-0.25, -0.2) is 0 Å². The molecule has 26 heavy (non-hydrogen) atoms.